The summed E-state index contributed by atoms with van der Waals surface area (Å²) in [6, 6.07) is 7.27. The van der Waals surface area contributed by atoms with Gasteiger partial charge in [0.2, 0.25) is 5.88 Å². The maximum Gasteiger partial charge on any atom is 0.214 e. The van der Waals surface area contributed by atoms with Gasteiger partial charge < -0.3 is 10.1 Å². The van der Waals surface area contributed by atoms with E-state index in [0.29, 0.717) is 22.2 Å². The van der Waals surface area contributed by atoms with Crippen LogP contribution >= 0.6 is 11.6 Å². The number of ether oxygens (including phenoxy) is 1. The molecule has 0 saturated heterocycles. The Bertz CT molecular complexity index is 821. The Balaban J connectivity index is 1.85. The third kappa shape index (κ3) is 3.84. The first-order chi connectivity index (χ1) is 11.7. The molecule has 2 aromatic rings. The van der Waals surface area contributed by atoms with E-state index < -0.39 is 0 Å². The van der Waals surface area contributed by atoms with E-state index in [1.165, 1.54) is 12.8 Å². The molecule has 0 aliphatic heterocycles. The normalized spacial score (nSPS) is 12.9. The molecule has 0 amide bonds. The largest absolute Gasteiger partial charge is 0.481 e. The molecule has 0 spiro atoms. The number of benzene rings is 1. The van der Waals surface area contributed by atoms with Gasteiger partial charge in [-0.2, -0.15) is 5.11 Å². The molecule has 0 radical (unpaired) electrons. The van der Waals surface area contributed by atoms with Gasteiger partial charge in [-0.05, 0) is 37.0 Å². The lowest BCUT2D eigenvalue weighted by Gasteiger charge is -2.10. The molecule has 6 heteroatoms. The minimum absolute atomic E-state index is 0.388. The second kappa shape index (κ2) is 7.33. The molecule has 1 aliphatic rings. The molecule has 1 aliphatic carbocycles. The number of nitrogens with one attached hydrogen (secondary N) is 2. The van der Waals surface area contributed by atoms with Crippen LogP contribution in [0.25, 0.3) is 0 Å². The fourth-order valence-corrected chi connectivity index (χ4v) is 2.48. The van der Waals surface area contributed by atoms with Gasteiger partial charge in [-0.15, -0.1) is 0 Å². The number of halogens is 1. The number of hydrogen-bond acceptors (Lipinski definition) is 5. The van der Waals surface area contributed by atoms with E-state index in [9.17, 15) is 0 Å². The SMILES string of the molecule is COc1cc(C#Cc2ccc(NCC3CC3)c(N=N)c2Cl)ccn1. The van der Waals surface area contributed by atoms with Gasteiger partial charge in [0.1, 0.15) is 5.69 Å². The molecule has 0 bridgehead atoms. The highest BCUT2D eigenvalue weighted by Gasteiger charge is 2.21. The van der Waals surface area contributed by atoms with Gasteiger partial charge in [0.15, 0.2) is 0 Å². The average Bonchev–Trinajstić information content (AvgIpc) is 3.43. The predicted octanol–water partition coefficient (Wildman–Crippen LogP) is 4.63. The highest BCUT2D eigenvalue weighted by Crippen LogP contribution is 2.37. The van der Waals surface area contributed by atoms with Gasteiger partial charge in [0.25, 0.3) is 0 Å². The highest BCUT2D eigenvalue weighted by molar-refractivity contribution is 6.34. The van der Waals surface area contributed by atoms with E-state index in [1.807, 2.05) is 12.1 Å². The minimum Gasteiger partial charge on any atom is -0.481 e. The zero-order valence-corrected chi connectivity index (χ0v) is 14.0. The summed E-state index contributed by atoms with van der Waals surface area (Å²) in [6.45, 7) is 0.890. The highest BCUT2D eigenvalue weighted by atomic mass is 35.5. The van der Waals surface area contributed by atoms with Crippen molar-refractivity contribution in [1.82, 2.24) is 4.98 Å². The summed E-state index contributed by atoms with van der Waals surface area (Å²) in [7, 11) is 1.56. The van der Waals surface area contributed by atoms with Crippen molar-refractivity contribution in [1.29, 1.82) is 5.53 Å². The van der Waals surface area contributed by atoms with Gasteiger partial charge in [-0.3, -0.25) is 0 Å². The van der Waals surface area contributed by atoms with Crippen LogP contribution in [0.1, 0.15) is 24.0 Å². The van der Waals surface area contributed by atoms with Gasteiger partial charge in [0.05, 0.1) is 17.8 Å². The van der Waals surface area contributed by atoms with Crippen LogP contribution in [0.2, 0.25) is 5.02 Å². The number of methoxy groups -OCH3 is 1. The third-order valence-electron chi connectivity index (χ3n) is 3.79. The van der Waals surface area contributed by atoms with Gasteiger partial charge in [-0.25, -0.2) is 10.5 Å². The molecule has 24 heavy (non-hydrogen) atoms. The summed E-state index contributed by atoms with van der Waals surface area (Å²) < 4.78 is 5.08. The molecule has 3 rings (SSSR count). The van der Waals surface area contributed by atoms with Gasteiger partial charge >= 0.3 is 0 Å². The van der Waals surface area contributed by atoms with Crippen LogP contribution in [0, 0.1) is 23.3 Å². The minimum atomic E-state index is 0.388. The van der Waals surface area contributed by atoms with Crippen LogP contribution in [0.5, 0.6) is 5.88 Å². The van der Waals surface area contributed by atoms with Crippen molar-refractivity contribution in [3.63, 3.8) is 0 Å². The number of pyridine rings is 1. The van der Waals surface area contributed by atoms with Crippen LogP contribution < -0.4 is 10.1 Å². The lowest BCUT2D eigenvalue weighted by molar-refractivity contribution is 0.398. The van der Waals surface area contributed by atoms with E-state index >= 15 is 0 Å². The van der Waals surface area contributed by atoms with Crippen molar-refractivity contribution in [2.24, 2.45) is 11.0 Å². The molecule has 0 atom stereocenters. The lowest BCUT2D eigenvalue weighted by Crippen LogP contribution is -2.03. The molecule has 122 valence electrons. The Kier molecular flexibility index (Phi) is 4.97. The Morgan fingerprint density at radius 2 is 2.21 bits per heavy atom. The Labute approximate surface area is 145 Å². The maximum atomic E-state index is 7.40. The van der Waals surface area contributed by atoms with E-state index in [2.05, 4.69) is 27.3 Å². The molecule has 0 unspecified atom stereocenters. The molecule has 1 heterocycles. The van der Waals surface area contributed by atoms with Crippen molar-refractivity contribution < 1.29 is 4.74 Å². The zero-order valence-electron chi connectivity index (χ0n) is 13.3. The van der Waals surface area contributed by atoms with Crippen LogP contribution in [0.3, 0.4) is 0 Å². The maximum absolute atomic E-state index is 7.40. The van der Waals surface area contributed by atoms with Crippen molar-refractivity contribution in [2.75, 3.05) is 19.0 Å². The van der Waals surface area contributed by atoms with Crippen molar-refractivity contribution >= 4 is 23.0 Å². The second-order valence-electron chi connectivity index (χ2n) is 5.60. The number of nitrogens with zero attached hydrogens (tertiary/aromatic N) is 2. The Morgan fingerprint density at radius 3 is 2.92 bits per heavy atom. The Morgan fingerprint density at radius 1 is 1.38 bits per heavy atom. The zero-order chi connectivity index (χ0) is 16.9. The quantitative estimate of drug-likeness (QED) is 0.616. The summed E-state index contributed by atoms with van der Waals surface area (Å²) in [5.74, 6) is 7.29. The number of hydrogen-bond donors (Lipinski definition) is 2. The predicted molar refractivity (Wildman–Crippen MR) is 94.2 cm³/mol. The molecule has 2 N–H and O–H groups in total. The first kappa shape index (κ1) is 16.3. The van der Waals surface area contributed by atoms with Crippen LogP contribution in [-0.4, -0.2) is 18.6 Å². The molecule has 1 fully saturated rings. The first-order valence-corrected chi connectivity index (χ1v) is 8.05. The summed E-state index contributed by atoms with van der Waals surface area (Å²) >= 11 is 6.38. The number of anilines is 1. The summed E-state index contributed by atoms with van der Waals surface area (Å²) in [5.41, 5.74) is 10.0. The fraction of sp³-hybridized carbons (Fsp3) is 0.278. The molecule has 1 aromatic carbocycles. The van der Waals surface area contributed by atoms with Crippen molar-refractivity contribution in [3.8, 4) is 17.7 Å². The topological polar surface area (TPSA) is 70.4 Å². The van der Waals surface area contributed by atoms with Crippen LogP contribution in [-0.2, 0) is 0 Å². The van der Waals surface area contributed by atoms with Gasteiger partial charge in [0, 0.05) is 29.9 Å². The standard InChI is InChI=1S/C18H17ClN4O/c1-24-16-10-12(8-9-21-16)4-5-14-6-7-15(18(23-20)17(14)19)22-11-13-2-3-13/h6-10,13,20,22H,2-3,11H2,1H3. The monoisotopic (exact) mass is 340 g/mol. The van der Waals surface area contributed by atoms with E-state index in [0.717, 1.165) is 23.7 Å². The summed E-state index contributed by atoms with van der Waals surface area (Å²) in [5, 5.41) is 7.27. The number of aromatic nitrogens is 1. The van der Waals surface area contributed by atoms with E-state index in [4.69, 9.17) is 21.9 Å². The number of rotatable bonds is 5. The fourth-order valence-electron chi connectivity index (χ4n) is 2.23. The molecular weight excluding hydrogens is 324 g/mol. The summed E-state index contributed by atoms with van der Waals surface area (Å²) in [6.07, 6.45) is 4.15. The lowest BCUT2D eigenvalue weighted by atomic mass is 10.1. The molecule has 1 aromatic heterocycles. The molecular formula is C18H17ClN4O. The van der Waals surface area contributed by atoms with Crippen molar-refractivity contribution in [2.45, 2.75) is 12.8 Å². The van der Waals surface area contributed by atoms with Crippen molar-refractivity contribution in [3.05, 3.63) is 46.6 Å². The van der Waals surface area contributed by atoms with E-state index in [-0.39, 0.29) is 0 Å². The van der Waals surface area contributed by atoms with E-state index in [1.54, 1.807) is 25.4 Å². The Hall–Kier alpha value is -2.58. The first-order valence-electron chi connectivity index (χ1n) is 7.67. The van der Waals surface area contributed by atoms with Crippen LogP contribution in [0.15, 0.2) is 35.6 Å². The third-order valence-corrected chi connectivity index (χ3v) is 4.17. The second-order valence-corrected chi connectivity index (χ2v) is 5.97. The molecule has 1 saturated carbocycles. The van der Waals surface area contributed by atoms with Gasteiger partial charge in [-0.1, -0.05) is 23.4 Å². The smallest absolute Gasteiger partial charge is 0.214 e. The van der Waals surface area contributed by atoms with Crippen LogP contribution in [0.4, 0.5) is 11.4 Å². The molecule has 5 nitrogen and oxygen atoms in total. The summed E-state index contributed by atoms with van der Waals surface area (Å²) in [4.78, 5) is 4.05. The average molecular weight is 341 g/mol.